The molecule has 5 heteroatoms. The molecule has 1 saturated carbocycles. The van der Waals surface area contributed by atoms with Crippen molar-refractivity contribution in [3.8, 4) is 5.75 Å². The second-order valence-corrected chi connectivity index (χ2v) is 12.5. The molecule has 5 nitrogen and oxygen atoms in total. The van der Waals surface area contributed by atoms with Crippen LogP contribution in [0.1, 0.15) is 82.2 Å². The first-order valence-electron chi connectivity index (χ1n) is 13.6. The third kappa shape index (κ3) is 6.96. The SMILES string of the molecule is CC(C)(C)c1cc(CCc2ccccc2NC(=O)NC2(OCc3ccccc3)CC2)cc(C(C)(C)C)c1O. The van der Waals surface area contributed by atoms with E-state index < -0.39 is 5.72 Å². The van der Waals surface area contributed by atoms with Crippen LogP contribution in [0, 0.1) is 0 Å². The van der Waals surface area contributed by atoms with Crippen LogP contribution in [0.15, 0.2) is 66.7 Å². The van der Waals surface area contributed by atoms with E-state index in [-0.39, 0.29) is 16.9 Å². The maximum Gasteiger partial charge on any atom is 0.321 e. The van der Waals surface area contributed by atoms with Crippen molar-refractivity contribution >= 4 is 11.7 Å². The van der Waals surface area contributed by atoms with Gasteiger partial charge in [-0.2, -0.15) is 0 Å². The van der Waals surface area contributed by atoms with Gasteiger partial charge in [0.15, 0.2) is 0 Å². The number of rotatable bonds is 8. The molecule has 1 aliphatic carbocycles. The number of nitrogens with one attached hydrogen (secondary N) is 2. The van der Waals surface area contributed by atoms with Crippen LogP contribution in [-0.4, -0.2) is 16.9 Å². The topological polar surface area (TPSA) is 70.6 Å². The fourth-order valence-electron chi connectivity index (χ4n) is 4.70. The Hall–Kier alpha value is -3.31. The molecule has 0 spiro atoms. The van der Waals surface area contributed by atoms with E-state index in [1.807, 2.05) is 48.5 Å². The van der Waals surface area contributed by atoms with Crippen molar-refractivity contribution in [2.45, 2.75) is 90.4 Å². The van der Waals surface area contributed by atoms with Gasteiger partial charge in [0, 0.05) is 5.69 Å². The van der Waals surface area contributed by atoms with Gasteiger partial charge in [-0.1, -0.05) is 102 Å². The summed E-state index contributed by atoms with van der Waals surface area (Å²) in [5, 5.41) is 17.1. The summed E-state index contributed by atoms with van der Waals surface area (Å²) in [4.78, 5) is 12.9. The van der Waals surface area contributed by atoms with E-state index >= 15 is 0 Å². The van der Waals surface area contributed by atoms with Crippen molar-refractivity contribution in [3.05, 3.63) is 94.5 Å². The van der Waals surface area contributed by atoms with E-state index in [4.69, 9.17) is 4.74 Å². The summed E-state index contributed by atoms with van der Waals surface area (Å²) in [5.74, 6) is 0.399. The van der Waals surface area contributed by atoms with Crippen molar-refractivity contribution in [3.63, 3.8) is 0 Å². The second-order valence-electron chi connectivity index (χ2n) is 12.5. The molecule has 0 bridgehead atoms. The largest absolute Gasteiger partial charge is 0.507 e. The summed E-state index contributed by atoms with van der Waals surface area (Å²) in [5.41, 5.74) is 5.15. The van der Waals surface area contributed by atoms with Crippen molar-refractivity contribution in [1.29, 1.82) is 0 Å². The van der Waals surface area contributed by atoms with Crippen molar-refractivity contribution in [2.75, 3.05) is 5.32 Å². The third-order valence-electron chi connectivity index (χ3n) is 7.14. The van der Waals surface area contributed by atoms with Gasteiger partial charge in [0.1, 0.15) is 11.5 Å². The van der Waals surface area contributed by atoms with Crippen LogP contribution >= 0.6 is 0 Å². The Morgan fingerprint density at radius 3 is 2.00 bits per heavy atom. The highest BCUT2D eigenvalue weighted by molar-refractivity contribution is 5.90. The van der Waals surface area contributed by atoms with Crippen LogP contribution in [0.5, 0.6) is 5.75 Å². The zero-order valence-corrected chi connectivity index (χ0v) is 23.7. The first-order valence-corrected chi connectivity index (χ1v) is 13.6. The standard InChI is InChI=1S/C33H42N2O3/c1-31(2,3)26-20-24(21-27(29(26)36)32(4,5)6)16-17-25-14-10-11-15-28(25)34-30(37)35-33(18-19-33)38-22-23-12-8-7-9-13-23/h7-15,20-21,36H,16-19,22H2,1-6H3,(H2,34,35,37). The first kappa shape index (κ1) is 27.7. The minimum atomic E-state index is -0.590. The van der Waals surface area contributed by atoms with Crippen LogP contribution in [-0.2, 0) is 35.0 Å². The molecular formula is C33H42N2O3. The fraction of sp³-hybridized carbons (Fsp3) is 0.424. The molecule has 3 aromatic rings. The number of urea groups is 1. The van der Waals surface area contributed by atoms with Gasteiger partial charge in [0.2, 0.25) is 0 Å². The summed E-state index contributed by atoms with van der Waals surface area (Å²) in [6.45, 7) is 13.3. The van der Waals surface area contributed by atoms with E-state index in [0.717, 1.165) is 53.6 Å². The van der Waals surface area contributed by atoms with Gasteiger partial charge >= 0.3 is 6.03 Å². The van der Waals surface area contributed by atoms with Gasteiger partial charge in [-0.15, -0.1) is 0 Å². The maximum atomic E-state index is 12.9. The first-order chi connectivity index (χ1) is 17.9. The van der Waals surface area contributed by atoms with Gasteiger partial charge in [0.05, 0.1) is 6.61 Å². The summed E-state index contributed by atoms with van der Waals surface area (Å²) in [6, 6.07) is 22.0. The zero-order chi connectivity index (χ0) is 27.6. The summed E-state index contributed by atoms with van der Waals surface area (Å²) in [6.07, 6.45) is 3.19. The highest BCUT2D eigenvalue weighted by Gasteiger charge is 2.45. The normalized spacial score (nSPS) is 14.7. The molecule has 0 heterocycles. The van der Waals surface area contributed by atoms with Crippen LogP contribution < -0.4 is 10.6 Å². The van der Waals surface area contributed by atoms with E-state index in [1.54, 1.807) is 0 Å². The number of amides is 2. The smallest absolute Gasteiger partial charge is 0.321 e. The van der Waals surface area contributed by atoms with Gasteiger partial charge in [-0.25, -0.2) is 4.79 Å². The molecule has 4 rings (SSSR count). The Morgan fingerprint density at radius 2 is 1.42 bits per heavy atom. The molecular weight excluding hydrogens is 472 g/mol. The van der Waals surface area contributed by atoms with Gasteiger partial charge < -0.3 is 20.5 Å². The minimum Gasteiger partial charge on any atom is -0.507 e. The second kappa shape index (κ2) is 10.8. The number of hydrogen-bond donors (Lipinski definition) is 3. The molecule has 2 amide bonds. The number of carbonyl (C=O) groups excluding carboxylic acids is 1. The Morgan fingerprint density at radius 1 is 0.842 bits per heavy atom. The zero-order valence-electron chi connectivity index (χ0n) is 23.7. The number of phenolic OH excluding ortho intramolecular Hbond substituents is 1. The monoisotopic (exact) mass is 514 g/mol. The molecule has 202 valence electrons. The summed E-state index contributed by atoms with van der Waals surface area (Å²) >= 11 is 0. The summed E-state index contributed by atoms with van der Waals surface area (Å²) in [7, 11) is 0. The van der Waals surface area contributed by atoms with Crippen LogP contribution in [0.25, 0.3) is 0 Å². The van der Waals surface area contributed by atoms with E-state index in [9.17, 15) is 9.90 Å². The average molecular weight is 515 g/mol. The van der Waals surface area contributed by atoms with Crippen LogP contribution in [0.2, 0.25) is 0 Å². The number of carbonyl (C=O) groups is 1. The molecule has 0 aliphatic heterocycles. The Kier molecular flexibility index (Phi) is 7.89. The number of aryl methyl sites for hydroxylation is 2. The van der Waals surface area contributed by atoms with E-state index in [2.05, 4.69) is 70.4 Å². The highest BCUT2D eigenvalue weighted by Crippen LogP contribution is 2.40. The third-order valence-corrected chi connectivity index (χ3v) is 7.14. The molecule has 0 unspecified atom stereocenters. The Balaban J connectivity index is 1.44. The molecule has 38 heavy (non-hydrogen) atoms. The number of ether oxygens (including phenoxy) is 1. The van der Waals surface area contributed by atoms with Gasteiger partial charge in [0.25, 0.3) is 0 Å². The number of hydrogen-bond acceptors (Lipinski definition) is 3. The van der Waals surface area contributed by atoms with E-state index in [0.29, 0.717) is 12.4 Å². The van der Waals surface area contributed by atoms with Crippen LogP contribution in [0.4, 0.5) is 10.5 Å². The van der Waals surface area contributed by atoms with Gasteiger partial charge in [-0.05, 0) is 70.4 Å². The lowest BCUT2D eigenvalue weighted by atomic mass is 9.78. The number of benzene rings is 3. The predicted molar refractivity (Wildman–Crippen MR) is 155 cm³/mol. The lowest BCUT2D eigenvalue weighted by Gasteiger charge is -2.28. The molecule has 0 atom stereocenters. The highest BCUT2D eigenvalue weighted by atomic mass is 16.5. The molecule has 0 radical (unpaired) electrons. The van der Waals surface area contributed by atoms with Crippen molar-refractivity contribution in [1.82, 2.24) is 5.32 Å². The number of para-hydroxylation sites is 1. The Bertz CT molecular complexity index is 1230. The van der Waals surface area contributed by atoms with Crippen molar-refractivity contribution < 1.29 is 14.6 Å². The molecule has 1 aliphatic rings. The molecule has 3 N–H and O–H groups in total. The van der Waals surface area contributed by atoms with Gasteiger partial charge in [-0.3, -0.25) is 0 Å². The molecule has 3 aromatic carbocycles. The summed E-state index contributed by atoms with van der Waals surface area (Å²) < 4.78 is 6.07. The maximum absolute atomic E-state index is 12.9. The number of phenols is 1. The lowest BCUT2D eigenvalue weighted by Crippen LogP contribution is -2.41. The average Bonchev–Trinajstić information content (AvgIpc) is 3.61. The fourth-order valence-corrected chi connectivity index (χ4v) is 4.70. The predicted octanol–water partition coefficient (Wildman–Crippen LogP) is 7.60. The molecule has 0 aromatic heterocycles. The number of anilines is 1. The van der Waals surface area contributed by atoms with E-state index in [1.165, 1.54) is 5.56 Å². The lowest BCUT2D eigenvalue weighted by molar-refractivity contribution is 0.00549. The quantitative estimate of drug-likeness (QED) is 0.271. The van der Waals surface area contributed by atoms with Crippen LogP contribution in [0.3, 0.4) is 0 Å². The molecule has 1 fully saturated rings. The van der Waals surface area contributed by atoms with Crippen molar-refractivity contribution in [2.24, 2.45) is 0 Å². The number of aromatic hydroxyl groups is 1. The molecule has 0 saturated heterocycles. The Labute approximate surface area is 227 Å². The minimum absolute atomic E-state index is 0.168.